The molecule has 1 rings (SSSR count). The number of carboxylic acids is 1. The van der Waals surface area contributed by atoms with Gasteiger partial charge in [-0.2, -0.15) is 0 Å². The summed E-state index contributed by atoms with van der Waals surface area (Å²) in [6.07, 6.45) is 13.8. The highest BCUT2D eigenvalue weighted by Gasteiger charge is 2.07. The van der Waals surface area contributed by atoms with Crippen molar-refractivity contribution in [2.24, 2.45) is 0 Å². The zero-order valence-electron chi connectivity index (χ0n) is 14.7. The van der Waals surface area contributed by atoms with Crippen molar-refractivity contribution < 1.29 is 15.0 Å². The van der Waals surface area contributed by atoms with Gasteiger partial charge in [0.25, 0.3) is 0 Å². The number of aliphatic carboxylic acids is 1. The number of nitrogens with one attached hydrogen (secondary N) is 2. The summed E-state index contributed by atoms with van der Waals surface area (Å²) < 4.78 is 0. The van der Waals surface area contributed by atoms with E-state index in [-0.39, 0.29) is 12.1 Å². The van der Waals surface area contributed by atoms with Crippen molar-refractivity contribution >= 4 is 11.8 Å². The van der Waals surface area contributed by atoms with E-state index in [1.807, 2.05) is 18.3 Å². The molecule has 5 heteroatoms. The minimum absolute atomic E-state index is 0.00916. The minimum Gasteiger partial charge on any atom is -0.478 e. The molecular weight excluding hydrogens is 304 g/mol. The first kappa shape index (κ1) is 20.3. The highest BCUT2D eigenvalue weighted by molar-refractivity contribution is 5.79. The fourth-order valence-corrected chi connectivity index (χ4v) is 2.72. The number of hydrogen-bond donors (Lipinski definition) is 4. The second-order valence-electron chi connectivity index (χ2n) is 6.32. The fourth-order valence-electron chi connectivity index (χ4n) is 2.72. The van der Waals surface area contributed by atoms with E-state index < -0.39 is 5.97 Å². The molecular formula is C19H32N2O3. The molecule has 2 atom stereocenters. The third-order valence-corrected chi connectivity index (χ3v) is 4.10. The van der Waals surface area contributed by atoms with Gasteiger partial charge in [-0.15, -0.1) is 0 Å². The number of carboxylic acid groups (broad SMARTS) is 1. The highest BCUT2D eigenvalue weighted by Crippen LogP contribution is 2.14. The monoisotopic (exact) mass is 336 g/mol. The second-order valence-corrected chi connectivity index (χ2v) is 6.32. The quantitative estimate of drug-likeness (QED) is 0.301. The van der Waals surface area contributed by atoms with E-state index in [4.69, 9.17) is 5.11 Å². The van der Waals surface area contributed by atoms with Crippen LogP contribution in [-0.2, 0) is 4.79 Å². The summed E-state index contributed by atoms with van der Waals surface area (Å²) in [5, 5.41) is 21.9. The molecule has 1 aromatic heterocycles. The molecule has 0 aliphatic rings. The number of H-pyrrole nitrogens is 1. The molecule has 0 saturated carbocycles. The van der Waals surface area contributed by atoms with Crippen LogP contribution in [0.1, 0.15) is 64.7 Å². The number of anilines is 1. The van der Waals surface area contributed by atoms with Crippen molar-refractivity contribution in [1.29, 1.82) is 0 Å². The van der Waals surface area contributed by atoms with Gasteiger partial charge in [-0.25, -0.2) is 4.79 Å². The number of aromatic nitrogens is 1. The van der Waals surface area contributed by atoms with Crippen LogP contribution in [0.3, 0.4) is 0 Å². The maximum absolute atomic E-state index is 10.7. The molecule has 0 bridgehead atoms. The SMILES string of the molecule is CCCC[C@H](O)CCCCCC[C@H](/C=C/C(=O)O)Nc1ccc[nH]1. The van der Waals surface area contributed by atoms with Gasteiger partial charge in [0, 0.05) is 18.3 Å². The van der Waals surface area contributed by atoms with Gasteiger partial charge in [0.2, 0.25) is 0 Å². The Bertz CT molecular complexity index is 457. The maximum Gasteiger partial charge on any atom is 0.328 e. The number of aliphatic hydroxyl groups is 1. The van der Waals surface area contributed by atoms with Crippen molar-refractivity contribution in [2.45, 2.75) is 76.9 Å². The van der Waals surface area contributed by atoms with E-state index in [0.29, 0.717) is 0 Å². The average molecular weight is 336 g/mol. The topological polar surface area (TPSA) is 85.3 Å². The summed E-state index contributed by atoms with van der Waals surface area (Å²) in [5.74, 6) is -0.0246. The Morgan fingerprint density at radius 1 is 1.21 bits per heavy atom. The largest absolute Gasteiger partial charge is 0.478 e. The van der Waals surface area contributed by atoms with E-state index in [9.17, 15) is 9.90 Å². The Kier molecular flexibility index (Phi) is 10.7. The van der Waals surface area contributed by atoms with Crippen molar-refractivity contribution in [2.75, 3.05) is 5.32 Å². The van der Waals surface area contributed by atoms with Crippen molar-refractivity contribution in [1.82, 2.24) is 4.98 Å². The zero-order valence-corrected chi connectivity index (χ0v) is 14.7. The van der Waals surface area contributed by atoms with Crippen LogP contribution in [0.25, 0.3) is 0 Å². The second kappa shape index (κ2) is 12.6. The summed E-state index contributed by atoms with van der Waals surface area (Å²) >= 11 is 0. The zero-order chi connectivity index (χ0) is 17.6. The van der Waals surface area contributed by atoms with Crippen molar-refractivity contribution in [3.05, 3.63) is 30.5 Å². The average Bonchev–Trinajstić information content (AvgIpc) is 3.06. The molecule has 4 N–H and O–H groups in total. The Hall–Kier alpha value is -1.75. The molecule has 0 amide bonds. The third-order valence-electron chi connectivity index (χ3n) is 4.10. The summed E-state index contributed by atoms with van der Waals surface area (Å²) in [7, 11) is 0. The predicted octanol–water partition coefficient (Wildman–Crippen LogP) is 4.33. The van der Waals surface area contributed by atoms with Crippen LogP contribution in [-0.4, -0.2) is 33.3 Å². The van der Waals surface area contributed by atoms with Gasteiger partial charge in [-0.1, -0.05) is 51.5 Å². The molecule has 0 unspecified atom stereocenters. The van der Waals surface area contributed by atoms with Crippen LogP contribution in [0.15, 0.2) is 30.5 Å². The summed E-state index contributed by atoms with van der Waals surface area (Å²) in [6.45, 7) is 2.14. The van der Waals surface area contributed by atoms with Crippen LogP contribution in [0.2, 0.25) is 0 Å². The fraction of sp³-hybridized carbons (Fsp3) is 0.632. The van der Waals surface area contributed by atoms with Gasteiger partial charge in [-0.3, -0.25) is 0 Å². The molecule has 0 saturated heterocycles. The highest BCUT2D eigenvalue weighted by atomic mass is 16.4. The smallest absolute Gasteiger partial charge is 0.328 e. The molecule has 136 valence electrons. The molecule has 0 aliphatic heterocycles. The Balaban J connectivity index is 2.21. The first-order valence-corrected chi connectivity index (χ1v) is 9.11. The minimum atomic E-state index is -0.922. The lowest BCUT2D eigenvalue weighted by Crippen LogP contribution is -2.17. The number of aliphatic hydroxyl groups excluding tert-OH is 1. The lowest BCUT2D eigenvalue weighted by molar-refractivity contribution is -0.131. The summed E-state index contributed by atoms with van der Waals surface area (Å²) in [6, 6.07) is 3.85. The number of aromatic amines is 1. The molecule has 0 radical (unpaired) electrons. The molecule has 1 heterocycles. The lowest BCUT2D eigenvalue weighted by Gasteiger charge is -2.15. The Morgan fingerprint density at radius 3 is 2.54 bits per heavy atom. The normalized spacial score (nSPS) is 13.9. The van der Waals surface area contributed by atoms with E-state index in [0.717, 1.165) is 63.6 Å². The Morgan fingerprint density at radius 2 is 1.92 bits per heavy atom. The molecule has 24 heavy (non-hydrogen) atoms. The third kappa shape index (κ3) is 10.1. The standard InChI is InChI=1S/C19H32N2O3/c1-2-3-10-17(22)11-7-5-4-6-9-16(13-14-19(23)24)21-18-12-8-15-20-18/h8,12-17,20-22H,2-7,9-11H2,1H3,(H,23,24)/b14-13+/t16-,17+/m1/s1. The molecule has 0 aromatic carbocycles. The lowest BCUT2D eigenvalue weighted by atomic mass is 10.0. The van der Waals surface area contributed by atoms with Gasteiger partial charge in [0.15, 0.2) is 0 Å². The van der Waals surface area contributed by atoms with E-state index in [1.165, 1.54) is 6.08 Å². The van der Waals surface area contributed by atoms with E-state index >= 15 is 0 Å². The van der Waals surface area contributed by atoms with Gasteiger partial charge >= 0.3 is 5.97 Å². The maximum atomic E-state index is 10.7. The van der Waals surface area contributed by atoms with E-state index in [2.05, 4.69) is 17.2 Å². The number of rotatable bonds is 14. The van der Waals surface area contributed by atoms with Gasteiger partial charge in [0.05, 0.1) is 6.10 Å². The van der Waals surface area contributed by atoms with Gasteiger partial charge in [-0.05, 0) is 31.4 Å². The summed E-state index contributed by atoms with van der Waals surface area (Å²) in [5.41, 5.74) is 0. The van der Waals surface area contributed by atoms with Crippen LogP contribution in [0, 0.1) is 0 Å². The van der Waals surface area contributed by atoms with Gasteiger partial charge < -0.3 is 20.5 Å². The molecule has 5 nitrogen and oxygen atoms in total. The number of unbranched alkanes of at least 4 members (excludes halogenated alkanes) is 4. The molecule has 0 aliphatic carbocycles. The predicted molar refractivity (Wildman–Crippen MR) is 98.2 cm³/mol. The van der Waals surface area contributed by atoms with E-state index in [1.54, 1.807) is 6.08 Å². The van der Waals surface area contributed by atoms with Gasteiger partial charge in [0.1, 0.15) is 5.82 Å². The van der Waals surface area contributed by atoms with Crippen LogP contribution < -0.4 is 5.32 Å². The number of hydrogen-bond acceptors (Lipinski definition) is 3. The van der Waals surface area contributed by atoms with Crippen LogP contribution in [0.5, 0.6) is 0 Å². The molecule has 0 fully saturated rings. The van der Waals surface area contributed by atoms with Crippen molar-refractivity contribution in [3.63, 3.8) is 0 Å². The van der Waals surface area contributed by atoms with Crippen LogP contribution in [0.4, 0.5) is 5.82 Å². The first-order valence-electron chi connectivity index (χ1n) is 9.11. The Labute approximate surface area is 145 Å². The first-order chi connectivity index (χ1) is 11.6. The van der Waals surface area contributed by atoms with Crippen molar-refractivity contribution in [3.8, 4) is 0 Å². The summed E-state index contributed by atoms with van der Waals surface area (Å²) in [4.78, 5) is 13.8. The number of carbonyl (C=O) groups is 1. The molecule has 0 spiro atoms. The molecule has 1 aromatic rings. The van der Waals surface area contributed by atoms with Crippen LogP contribution >= 0.6 is 0 Å².